The van der Waals surface area contributed by atoms with E-state index in [-0.39, 0.29) is 1.43 Å². The number of likely N-dealkylation sites (tertiary alicyclic amines) is 1. The molecule has 21 heavy (non-hydrogen) atoms. The van der Waals surface area contributed by atoms with Crippen LogP contribution in [0.25, 0.3) is 0 Å². The van der Waals surface area contributed by atoms with Crippen molar-refractivity contribution in [2.24, 2.45) is 0 Å². The van der Waals surface area contributed by atoms with E-state index in [9.17, 15) is 0 Å². The van der Waals surface area contributed by atoms with E-state index in [4.69, 9.17) is 9.47 Å². The number of hydrogen-bond donors (Lipinski definition) is 0. The number of benzene rings is 1. The van der Waals surface area contributed by atoms with Gasteiger partial charge in [-0.15, -0.1) is 0 Å². The molecule has 3 heteroatoms. The molecule has 1 unspecified atom stereocenters. The molecule has 0 N–H and O–H groups in total. The summed E-state index contributed by atoms with van der Waals surface area (Å²) in [5.74, 6) is 1.90. The van der Waals surface area contributed by atoms with E-state index < -0.39 is 0 Å². The van der Waals surface area contributed by atoms with E-state index in [1.165, 1.54) is 56.2 Å². The molecule has 3 aliphatic rings. The van der Waals surface area contributed by atoms with Crippen molar-refractivity contribution in [1.29, 1.82) is 0 Å². The molecule has 0 radical (unpaired) electrons. The van der Waals surface area contributed by atoms with Crippen LogP contribution in [0, 0.1) is 0 Å². The molecule has 0 spiro atoms. The highest BCUT2D eigenvalue weighted by atomic mass is 16.7. The predicted molar refractivity (Wildman–Crippen MR) is 85.2 cm³/mol. The second-order valence-electron chi connectivity index (χ2n) is 6.98. The van der Waals surface area contributed by atoms with Gasteiger partial charge in [0.15, 0.2) is 11.5 Å². The highest BCUT2D eigenvalue weighted by Gasteiger charge is 2.41. The van der Waals surface area contributed by atoms with Crippen LogP contribution < -0.4 is 9.47 Å². The lowest BCUT2D eigenvalue weighted by Gasteiger charge is -2.34. The Kier molecular flexibility index (Phi) is 3.14. The van der Waals surface area contributed by atoms with Crippen molar-refractivity contribution < 1.29 is 10.9 Å². The van der Waals surface area contributed by atoms with Crippen LogP contribution in [0.15, 0.2) is 12.1 Å². The van der Waals surface area contributed by atoms with Gasteiger partial charge in [-0.3, -0.25) is 0 Å². The van der Waals surface area contributed by atoms with Crippen LogP contribution in [0.4, 0.5) is 0 Å². The predicted octanol–water partition coefficient (Wildman–Crippen LogP) is 3.74. The first-order valence-electron chi connectivity index (χ1n) is 8.35. The Balaban J connectivity index is 0.00000144. The summed E-state index contributed by atoms with van der Waals surface area (Å²) in [5.41, 5.74) is 3.37. The Morgan fingerprint density at radius 2 is 2.14 bits per heavy atom. The van der Waals surface area contributed by atoms with Crippen LogP contribution in [-0.2, 0) is 11.8 Å². The highest BCUT2D eigenvalue weighted by Crippen LogP contribution is 2.50. The smallest absolute Gasteiger partial charge is 0.231 e. The van der Waals surface area contributed by atoms with Gasteiger partial charge in [-0.05, 0) is 80.8 Å². The SMILES string of the molecule is CCC1(C[C@H]2CCCN2C)CCc2cc3c(cc21)OCO3.[HH]. The maximum Gasteiger partial charge on any atom is 0.231 e. The van der Waals surface area contributed by atoms with Crippen LogP contribution in [0.2, 0.25) is 0 Å². The average Bonchev–Trinajstić information content (AvgIpc) is 3.18. The molecule has 1 aliphatic carbocycles. The van der Waals surface area contributed by atoms with E-state index >= 15 is 0 Å². The number of hydrogen-bond acceptors (Lipinski definition) is 3. The van der Waals surface area contributed by atoms with Gasteiger partial charge in [0.25, 0.3) is 0 Å². The molecule has 0 aromatic heterocycles. The average molecular weight is 289 g/mol. The van der Waals surface area contributed by atoms with Crippen LogP contribution >= 0.6 is 0 Å². The zero-order valence-electron chi connectivity index (χ0n) is 13.2. The van der Waals surface area contributed by atoms with Gasteiger partial charge in [0, 0.05) is 7.47 Å². The van der Waals surface area contributed by atoms with Gasteiger partial charge in [-0.2, -0.15) is 0 Å². The number of fused-ring (bicyclic) bond motifs is 2. The largest absolute Gasteiger partial charge is 0.454 e. The van der Waals surface area contributed by atoms with E-state index in [0.717, 1.165) is 17.5 Å². The zero-order valence-corrected chi connectivity index (χ0v) is 13.2. The van der Waals surface area contributed by atoms with Gasteiger partial charge in [0.2, 0.25) is 6.79 Å². The van der Waals surface area contributed by atoms with Crippen molar-refractivity contribution in [2.75, 3.05) is 20.4 Å². The standard InChI is InChI=1S/C18H25NO2.H2/c1-3-18(11-14-5-4-8-19(14)2)7-6-13-9-16-17(10-15(13)18)21-12-20-16;/h9-10,14H,3-8,11-12H2,1-2H3;1H/t14-,18?;/m1./s1. The summed E-state index contributed by atoms with van der Waals surface area (Å²) >= 11 is 0. The maximum absolute atomic E-state index is 5.62. The molecule has 1 saturated heterocycles. The van der Waals surface area contributed by atoms with Crippen LogP contribution in [0.1, 0.15) is 51.6 Å². The summed E-state index contributed by atoms with van der Waals surface area (Å²) in [6.07, 6.45) is 7.71. The van der Waals surface area contributed by atoms with Crippen molar-refractivity contribution in [3.63, 3.8) is 0 Å². The third kappa shape index (κ3) is 2.05. The van der Waals surface area contributed by atoms with Crippen molar-refractivity contribution >= 4 is 0 Å². The monoisotopic (exact) mass is 289 g/mol. The third-order valence-electron chi connectivity index (χ3n) is 6.02. The first-order valence-corrected chi connectivity index (χ1v) is 8.35. The normalized spacial score (nSPS) is 30.9. The van der Waals surface area contributed by atoms with E-state index in [2.05, 4.69) is 31.0 Å². The third-order valence-corrected chi connectivity index (χ3v) is 6.02. The molecule has 0 saturated carbocycles. The second-order valence-corrected chi connectivity index (χ2v) is 6.98. The quantitative estimate of drug-likeness (QED) is 0.846. The molecule has 1 fully saturated rings. The summed E-state index contributed by atoms with van der Waals surface area (Å²) in [4.78, 5) is 2.56. The van der Waals surface area contributed by atoms with Crippen LogP contribution in [0.3, 0.4) is 0 Å². The number of nitrogens with zero attached hydrogens (tertiary/aromatic N) is 1. The van der Waals surface area contributed by atoms with E-state index in [1.54, 1.807) is 0 Å². The molecule has 116 valence electrons. The minimum atomic E-state index is 0. The molecular formula is C18H27NO2. The molecule has 2 aliphatic heterocycles. The molecule has 0 bridgehead atoms. The number of aryl methyl sites for hydroxylation is 1. The van der Waals surface area contributed by atoms with Crippen molar-refractivity contribution in [3.8, 4) is 11.5 Å². The van der Waals surface area contributed by atoms with Gasteiger partial charge < -0.3 is 14.4 Å². The molecular weight excluding hydrogens is 262 g/mol. The minimum Gasteiger partial charge on any atom is -0.454 e. The van der Waals surface area contributed by atoms with E-state index in [1.807, 2.05) is 0 Å². The van der Waals surface area contributed by atoms with Gasteiger partial charge in [0.05, 0.1) is 0 Å². The molecule has 3 nitrogen and oxygen atoms in total. The Labute approximate surface area is 128 Å². The van der Waals surface area contributed by atoms with E-state index in [0.29, 0.717) is 12.2 Å². The Hall–Kier alpha value is -1.22. The zero-order chi connectivity index (χ0) is 14.4. The lowest BCUT2D eigenvalue weighted by atomic mass is 9.74. The fraction of sp³-hybridized carbons (Fsp3) is 0.667. The van der Waals surface area contributed by atoms with Gasteiger partial charge in [-0.25, -0.2) is 0 Å². The molecule has 1 aromatic carbocycles. The summed E-state index contributed by atoms with van der Waals surface area (Å²) in [6, 6.07) is 5.26. The summed E-state index contributed by atoms with van der Waals surface area (Å²) < 4.78 is 11.2. The van der Waals surface area contributed by atoms with Crippen molar-refractivity contribution in [3.05, 3.63) is 23.3 Å². The molecule has 1 aromatic rings. The maximum atomic E-state index is 5.62. The Bertz CT molecular complexity index is 562. The minimum absolute atomic E-state index is 0. The van der Waals surface area contributed by atoms with Crippen molar-refractivity contribution in [1.82, 2.24) is 4.90 Å². The topological polar surface area (TPSA) is 21.7 Å². The fourth-order valence-electron chi connectivity index (χ4n) is 4.60. The molecule has 0 amide bonds. The Morgan fingerprint density at radius 1 is 1.33 bits per heavy atom. The van der Waals surface area contributed by atoms with Gasteiger partial charge >= 0.3 is 0 Å². The summed E-state index contributed by atoms with van der Waals surface area (Å²) in [5, 5.41) is 0. The number of ether oxygens (including phenoxy) is 2. The second kappa shape index (κ2) is 4.91. The molecule has 4 rings (SSSR count). The first-order chi connectivity index (χ1) is 10.2. The highest BCUT2D eigenvalue weighted by molar-refractivity contribution is 5.53. The fourth-order valence-corrected chi connectivity index (χ4v) is 4.60. The number of rotatable bonds is 3. The van der Waals surface area contributed by atoms with Crippen LogP contribution in [-0.4, -0.2) is 31.3 Å². The molecule has 2 heterocycles. The van der Waals surface area contributed by atoms with Gasteiger partial charge in [0.1, 0.15) is 0 Å². The lowest BCUT2D eigenvalue weighted by Crippen LogP contribution is -2.34. The Morgan fingerprint density at radius 3 is 2.86 bits per heavy atom. The van der Waals surface area contributed by atoms with Gasteiger partial charge in [-0.1, -0.05) is 6.92 Å². The lowest BCUT2D eigenvalue weighted by molar-refractivity contribution is 0.173. The van der Waals surface area contributed by atoms with Crippen molar-refractivity contribution in [2.45, 2.75) is 56.9 Å². The summed E-state index contributed by atoms with van der Waals surface area (Å²) in [7, 11) is 2.29. The van der Waals surface area contributed by atoms with Crippen LogP contribution in [0.5, 0.6) is 11.5 Å². The first kappa shape index (κ1) is 13.4. The summed E-state index contributed by atoms with van der Waals surface area (Å²) in [6.45, 7) is 4.00. The molecule has 2 atom stereocenters.